The van der Waals surface area contributed by atoms with Gasteiger partial charge in [0.15, 0.2) is 0 Å². The number of hydrogen-bond acceptors (Lipinski definition) is 9. The molecule has 0 radical (unpaired) electrons. The van der Waals surface area contributed by atoms with Crippen LogP contribution < -0.4 is 0 Å². The van der Waals surface area contributed by atoms with Crippen LogP contribution in [0.3, 0.4) is 0 Å². The molecular formula is C30H27N3O9. The molecule has 0 unspecified atom stereocenters. The molecule has 1 aliphatic rings. The van der Waals surface area contributed by atoms with E-state index in [4.69, 9.17) is 14.2 Å². The molecule has 0 bridgehead atoms. The molecule has 1 heterocycles. The minimum atomic E-state index is -1.01. The van der Waals surface area contributed by atoms with Gasteiger partial charge in [-0.1, -0.05) is 54.6 Å². The van der Waals surface area contributed by atoms with Gasteiger partial charge in [0.05, 0.1) is 16.7 Å². The number of rotatable bonds is 3. The van der Waals surface area contributed by atoms with Gasteiger partial charge in [0.1, 0.15) is 0 Å². The topological polar surface area (TPSA) is 140 Å². The van der Waals surface area contributed by atoms with Crippen molar-refractivity contribution >= 4 is 36.2 Å². The van der Waals surface area contributed by atoms with Crippen molar-refractivity contribution in [2.24, 2.45) is 0 Å². The molecule has 0 aromatic heterocycles. The number of carbonyl (C=O) groups excluding carboxylic acids is 6. The SMILES string of the molecule is O=C(OC(=O)N1CCN(C(=O)OC(=O)c2ccccc2)CCN(C(=O)OC(=O)c2ccccc2)CC1)c1ccccc1. The Morgan fingerprint density at radius 1 is 0.381 bits per heavy atom. The first-order chi connectivity index (χ1) is 20.3. The molecule has 0 saturated carbocycles. The summed E-state index contributed by atoms with van der Waals surface area (Å²) >= 11 is 0. The number of ether oxygens (including phenoxy) is 3. The standard InChI is InChI=1S/C30H27N3O9/c34-25(22-10-4-1-5-11-22)40-28(37)31-16-18-32(29(38)41-26(35)23-12-6-2-7-13-23)20-21-33(19-17-31)30(39)42-27(36)24-14-8-3-9-15-24/h1-15H,16-21H2. The average Bonchev–Trinajstić information content (AvgIpc) is 3.13. The summed E-state index contributed by atoms with van der Waals surface area (Å²) in [7, 11) is 0. The van der Waals surface area contributed by atoms with Crippen molar-refractivity contribution in [3.05, 3.63) is 108 Å². The second-order valence-electron chi connectivity index (χ2n) is 9.03. The van der Waals surface area contributed by atoms with Crippen molar-refractivity contribution < 1.29 is 43.0 Å². The largest absolute Gasteiger partial charge is 0.417 e. The first kappa shape index (κ1) is 29.5. The number of esters is 3. The van der Waals surface area contributed by atoms with E-state index < -0.39 is 36.2 Å². The van der Waals surface area contributed by atoms with Crippen LogP contribution in [0.5, 0.6) is 0 Å². The molecule has 12 nitrogen and oxygen atoms in total. The fourth-order valence-corrected chi connectivity index (χ4v) is 3.94. The molecule has 12 heteroatoms. The van der Waals surface area contributed by atoms with Crippen LogP contribution in [0.25, 0.3) is 0 Å². The summed E-state index contributed by atoms with van der Waals surface area (Å²) in [6.07, 6.45) is -3.02. The van der Waals surface area contributed by atoms with E-state index in [1.165, 1.54) is 36.4 Å². The molecule has 3 aromatic rings. The Balaban J connectivity index is 1.48. The number of nitrogens with zero attached hydrogens (tertiary/aromatic N) is 3. The normalized spacial score (nSPS) is 13.6. The first-order valence-corrected chi connectivity index (χ1v) is 13.0. The van der Waals surface area contributed by atoms with Crippen LogP contribution in [0.4, 0.5) is 14.4 Å². The van der Waals surface area contributed by atoms with Crippen molar-refractivity contribution in [1.82, 2.24) is 14.7 Å². The third-order valence-electron chi connectivity index (χ3n) is 6.26. The molecule has 3 aromatic carbocycles. The summed E-state index contributed by atoms with van der Waals surface area (Å²) in [5, 5.41) is 0. The Bertz CT molecular complexity index is 1250. The van der Waals surface area contributed by atoms with Gasteiger partial charge in [0.2, 0.25) is 0 Å². The Hall–Kier alpha value is -5.52. The van der Waals surface area contributed by atoms with E-state index in [-0.39, 0.29) is 56.0 Å². The van der Waals surface area contributed by atoms with E-state index in [2.05, 4.69) is 0 Å². The third-order valence-corrected chi connectivity index (χ3v) is 6.26. The minimum Gasteiger partial charge on any atom is -0.372 e. The Labute approximate surface area is 241 Å². The van der Waals surface area contributed by atoms with E-state index >= 15 is 0 Å². The maximum absolute atomic E-state index is 12.9. The first-order valence-electron chi connectivity index (χ1n) is 13.0. The van der Waals surface area contributed by atoms with E-state index in [0.717, 1.165) is 14.7 Å². The predicted molar refractivity (Wildman–Crippen MR) is 146 cm³/mol. The minimum absolute atomic E-state index is 0.110. The number of hydrogen-bond donors (Lipinski definition) is 0. The lowest BCUT2D eigenvalue weighted by atomic mass is 10.2. The third kappa shape index (κ3) is 8.01. The summed E-state index contributed by atoms with van der Waals surface area (Å²) in [6, 6.07) is 23.7. The van der Waals surface area contributed by atoms with Gasteiger partial charge in [-0.15, -0.1) is 0 Å². The second-order valence-corrected chi connectivity index (χ2v) is 9.03. The van der Waals surface area contributed by atoms with Gasteiger partial charge >= 0.3 is 36.2 Å². The number of amides is 3. The quantitative estimate of drug-likeness (QED) is 0.260. The summed E-state index contributed by atoms with van der Waals surface area (Å²) in [6.45, 7) is -0.659. The highest BCUT2D eigenvalue weighted by molar-refractivity contribution is 5.98. The number of carbonyl (C=O) groups is 6. The van der Waals surface area contributed by atoms with Crippen molar-refractivity contribution in [3.63, 3.8) is 0 Å². The van der Waals surface area contributed by atoms with E-state index in [0.29, 0.717) is 0 Å². The molecule has 1 fully saturated rings. The lowest BCUT2D eigenvalue weighted by Crippen LogP contribution is -2.43. The van der Waals surface area contributed by atoms with Crippen LogP contribution in [-0.4, -0.2) is 90.2 Å². The maximum atomic E-state index is 12.9. The van der Waals surface area contributed by atoms with Crippen LogP contribution >= 0.6 is 0 Å². The Morgan fingerprint density at radius 2 is 0.595 bits per heavy atom. The maximum Gasteiger partial charge on any atom is 0.417 e. The molecule has 3 amide bonds. The van der Waals surface area contributed by atoms with Crippen molar-refractivity contribution in [1.29, 1.82) is 0 Å². The fourth-order valence-electron chi connectivity index (χ4n) is 3.94. The van der Waals surface area contributed by atoms with E-state index in [1.54, 1.807) is 54.6 Å². The molecule has 0 aliphatic carbocycles. The van der Waals surface area contributed by atoms with Crippen molar-refractivity contribution in [3.8, 4) is 0 Å². The molecule has 0 spiro atoms. The molecule has 4 rings (SSSR count). The highest BCUT2D eigenvalue weighted by atomic mass is 16.6. The molecule has 0 N–H and O–H groups in total. The zero-order valence-electron chi connectivity index (χ0n) is 22.4. The Morgan fingerprint density at radius 3 is 0.810 bits per heavy atom. The summed E-state index contributed by atoms with van der Waals surface area (Å²) in [4.78, 5) is 79.6. The predicted octanol–water partition coefficient (Wildman–Crippen LogP) is 3.84. The van der Waals surface area contributed by atoms with Crippen LogP contribution in [0.1, 0.15) is 31.1 Å². The molecule has 216 valence electrons. The molecular weight excluding hydrogens is 546 g/mol. The zero-order chi connectivity index (χ0) is 29.9. The molecule has 1 saturated heterocycles. The van der Waals surface area contributed by atoms with Crippen LogP contribution in [0.2, 0.25) is 0 Å². The Kier molecular flexibility index (Phi) is 9.97. The highest BCUT2D eigenvalue weighted by Crippen LogP contribution is 2.11. The monoisotopic (exact) mass is 573 g/mol. The lowest BCUT2D eigenvalue weighted by molar-refractivity contribution is 0.0491. The summed E-state index contributed by atoms with van der Waals surface area (Å²) < 4.78 is 15.1. The second kappa shape index (κ2) is 14.2. The average molecular weight is 574 g/mol. The van der Waals surface area contributed by atoms with Gasteiger partial charge in [0.25, 0.3) is 0 Å². The van der Waals surface area contributed by atoms with Crippen molar-refractivity contribution in [2.75, 3.05) is 39.3 Å². The smallest absolute Gasteiger partial charge is 0.372 e. The van der Waals surface area contributed by atoms with Crippen molar-refractivity contribution in [2.45, 2.75) is 0 Å². The van der Waals surface area contributed by atoms with E-state index in [9.17, 15) is 28.8 Å². The van der Waals surface area contributed by atoms with Gasteiger partial charge < -0.3 is 28.9 Å². The van der Waals surface area contributed by atoms with Gasteiger partial charge in [-0.05, 0) is 36.4 Å². The van der Waals surface area contributed by atoms with Gasteiger partial charge in [-0.2, -0.15) is 0 Å². The van der Waals surface area contributed by atoms with Gasteiger partial charge in [0, 0.05) is 39.3 Å². The highest BCUT2D eigenvalue weighted by Gasteiger charge is 2.29. The molecule has 42 heavy (non-hydrogen) atoms. The van der Waals surface area contributed by atoms with Gasteiger partial charge in [-0.25, -0.2) is 28.8 Å². The van der Waals surface area contributed by atoms with E-state index in [1.807, 2.05) is 0 Å². The molecule has 0 atom stereocenters. The van der Waals surface area contributed by atoms with Crippen LogP contribution in [0, 0.1) is 0 Å². The summed E-state index contributed by atoms with van der Waals surface area (Å²) in [5.41, 5.74) is 0.470. The van der Waals surface area contributed by atoms with Crippen LogP contribution in [0.15, 0.2) is 91.0 Å². The zero-order valence-corrected chi connectivity index (χ0v) is 22.4. The fraction of sp³-hybridized carbons (Fsp3) is 0.200. The molecule has 1 aliphatic heterocycles. The number of benzene rings is 3. The van der Waals surface area contributed by atoms with Crippen LogP contribution in [-0.2, 0) is 14.2 Å². The summed E-state index contributed by atoms with van der Waals surface area (Å²) in [5.74, 6) is -2.64. The van der Waals surface area contributed by atoms with Gasteiger partial charge in [-0.3, -0.25) is 0 Å². The lowest BCUT2D eigenvalue weighted by Gasteiger charge is -2.24.